The number of ether oxygens (including phenoxy) is 1. The third kappa shape index (κ3) is 1.31. The average Bonchev–Trinajstić information content (AvgIpc) is 2.17. The summed E-state index contributed by atoms with van der Waals surface area (Å²) in [6, 6.07) is 5.16. The first kappa shape index (κ1) is 7.93. The topological polar surface area (TPSA) is 53.2 Å². The van der Waals surface area contributed by atoms with E-state index in [1.807, 2.05) is 6.07 Å². The smallest absolute Gasteiger partial charge is 0.137 e. The summed E-state index contributed by atoms with van der Waals surface area (Å²) in [6.45, 7) is 0.693. The molecule has 0 unspecified atom stereocenters. The van der Waals surface area contributed by atoms with Crippen molar-refractivity contribution in [1.29, 1.82) is 5.26 Å². The molecule has 66 valence electrons. The van der Waals surface area contributed by atoms with Gasteiger partial charge in [-0.05, 0) is 24.5 Å². The van der Waals surface area contributed by atoms with Gasteiger partial charge in [0, 0.05) is 6.07 Å². The number of benzene rings is 1. The maximum Gasteiger partial charge on any atom is 0.137 e. The SMILES string of the molecule is N#Cc1cc2c(cc1O)OCCC2. The van der Waals surface area contributed by atoms with Gasteiger partial charge in [0.15, 0.2) is 0 Å². The Morgan fingerprint density at radius 1 is 1.46 bits per heavy atom. The molecule has 0 aliphatic carbocycles. The number of phenols is 1. The van der Waals surface area contributed by atoms with Gasteiger partial charge in [0.1, 0.15) is 17.6 Å². The van der Waals surface area contributed by atoms with E-state index in [0.717, 1.165) is 18.4 Å². The maximum atomic E-state index is 9.36. The lowest BCUT2D eigenvalue weighted by atomic mass is 10.0. The second-order valence-electron chi connectivity index (χ2n) is 3.04. The van der Waals surface area contributed by atoms with Crippen LogP contribution < -0.4 is 4.74 Å². The number of fused-ring (bicyclic) bond motifs is 1. The summed E-state index contributed by atoms with van der Waals surface area (Å²) in [5.41, 5.74) is 1.34. The van der Waals surface area contributed by atoms with E-state index in [9.17, 15) is 5.11 Å². The zero-order chi connectivity index (χ0) is 9.26. The van der Waals surface area contributed by atoms with Crippen LogP contribution in [0, 0.1) is 11.3 Å². The number of phenolic OH excluding ortho intramolecular Hbond substituents is 1. The Hall–Kier alpha value is -1.69. The van der Waals surface area contributed by atoms with Gasteiger partial charge in [-0.1, -0.05) is 0 Å². The van der Waals surface area contributed by atoms with Gasteiger partial charge in [0.25, 0.3) is 0 Å². The molecule has 1 aliphatic rings. The normalized spacial score (nSPS) is 14.1. The van der Waals surface area contributed by atoms with E-state index in [2.05, 4.69) is 0 Å². The molecule has 0 fully saturated rings. The predicted octanol–water partition coefficient (Wildman–Crippen LogP) is 1.59. The second-order valence-corrected chi connectivity index (χ2v) is 3.04. The van der Waals surface area contributed by atoms with E-state index >= 15 is 0 Å². The highest BCUT2D eigenvalue weighted by molar-refractivity contribution is 5.51. The van der Waals surface area contributed by atoms with Crippen LogP contribution in [0.2, 0.25) is 0 Å². The molecule has 0 saturated heterocycles. The molecular weight excluding hydrogens is 166 g/mol. The van der Waals surface area contributed by atoms with Gasteiger partial charge < -0.3 is 9.84 Å². The van der Waals surface area contributed by atoms with Gasteiger partial charge in [-0.15, -0.1) is 0 Å². The van der Waals surface area contributed by atoms with Crippen molar-refractivity contribution in [2.24, 2.45) is 0 Å². The molecule has 1 aliphatic heterocycles. The molecule has 13 heavy (non-hydrogen) atoms. The number of aromatic hydroxyl groups is 1. The molecule has 1 N–H and O–H groups in total. The minimum atomic E-state index is 0.00292. The van der Waals surface area contributed by atoms with Gasteiger partial charge in [0.05, 0.1) is 12.2 Å². The molecule has 0 aromatic heterocycles. The number of nitriles is 1. The maximum absolute atomic E-state index is 9.36. The van der Waals surface area contributed by atoms with E-state index in [0.29, 0.717) is 17.9 Å². The lowest BCUT2D eigenvalue weighted by molar-refractivity contribution is 0.286. The van der Waals surface area contributed by atoms with E-state index < -0.39 is 0 Å². The minimum Gasteiger partial charge on any atom is -0.506 e. The van der Waals surface area contributed by atoms with E-state index in [1.54, 1.807) is 6.07 Å². The first-order valence-electron chi connectivity index (χ1n) is 4.20. The fourth-order valence-electron chi connectivity index (χ4n) is 1.48. The molecule has 0 atom stereocenters. The van der Waals surface area contributed by atoms with Crippen LogP contribution in [0.25, 0.3) is 0 Å². The van der Waals surface area contributed by atoms with Crippen molar-refractivity contribution in [3.63, 3.8) is 0 Å². The zero-order valence-corrected chi connectivity index (χ0v) is 7.08. The number of hydrogen-bond donors (Lipinski definition) is 1. The fourth-order valence-corrected chi connectivity index (χ4v) is 1.48. The molecule has 0 spiro atoms. The highest BCUT2D eigenvalue weighted by Crippen LogP contribution is 2.31. The van der Waals surface area contributed by atoms with Gasteiger partial charge in [-0.25, -0.2) is 0 Å². The molecule has 0 bridgehead atoms. The van der Waals surface area contributed by atoms with Crippen molar-refractivity contribution in [2.45, 2.75) is 12.8 Å². The Balaban J connectivity index is 2.52. The summed E-state index contributed by atoms with van der Waals surface area (Å²) in [7, 11) is 0. The third-order valence-electron chi connectivity index (χ3n) is 2.15. The molecule has 2 rings (SSSR count). The van der Waals surface area contributed by atoms with Crippen molar-refractivity contribution in [3.8, 4) is 17.6 Å². The molecule has 3 nitrogen and oxygen atoms in total. The lowest BCUT2D eigenvalue weighted by Gasteiger charge is -2.17. The van der Waals surface area contributed by atoms with Crippen LogP contribution in [-0.2, 0) is 6.42 Å². The summed E-state index contributed by atoms with van der Waals surface area (Å²) in [5, 5.41) is 18.0. The van der Waals surface area contributed by atoms with Crippen LogP contribution in [0.15, 0.2) is 12.1 Å². The van der Waals surface area contributed by atoms with Crippen LogP contribution >= 0.6 is 0 Å². The van der Waals surface area contributed by atoms with Gasteiger partial charge >= 0.3 is 0 Å². The zero-order valence-electron chi connectivity index (χ0n) is 7.08. The Bertz CT molecular complexity index is 379. The minimum absolute atomic E-state index is 0.00292. The molecule has 0 saturated carbocycles. The largest absolute Gasteiger partial charge is 0.506 e. The molecule has 0 radical (unpaired) electrons. The van der Waals surface area contributed by atoms with Crippen molar-refractivity contribution >= 4 is 0 Å². The van der Waals surface area contributed by atoms with E-state index in [-0.39, 0.29) is 5.75 Å². The van der Waals surface area contributed by atoms with Crippen LogP contribution in [0.3, 0.4) is 0 Å². The summed E-state index contributed by atoms with van der Waals surface area (Å²) in [5.74, 6) is 0.714. The molecule has 1 heterocycles. The first-order chi connectivity index (χ1) is 6.31. The molecule has 1 aromatic rings. The number of hydrogen-bond acceptors (Lipinski definition) is 3. The van der Waals surface area contributed by atoms with E-state index in [4.69, 9.17) is 10.00 Å². The summed E-state index contributed by atoms with van der Waals surface area (Å²) in [4.78, 5) is 0. The second kappa shape index (κ2) is 2.98. The summed E-state index contributed by atoms with van der Waals surface area (Å²) < 4.78 is 5.33. The molecule has 1 aromatic carbocycles. The number of aryl methyl sites for hydroxylation is 1. The van der Waals surface area contributed by atoms with Crippen molar-refractivity contribution in [3.05, 3.63) is 23.3 Å². The highest BCUT2D eigenvalue weighted by atomic mass is 16.5. The van der Waals surface area contributed by atoms with Gasteiger partial charge in [0.2, 0.25) is 0 Å². The fraction of sp³-hybridized carbons (Fsp3) is 0.300. The van der Waals surface area contributed by atoms with Crippen molar-refractivity contribution in [1.82, 2.24) is 0 Å². The Morgan fingerprint density at radius 3 is 3.08 bits per heavy atom. The van der Waals surface area contributed by atoms with Gasteiger partial charge in [-0.3, -0.25) is 0 Å². The van der Waals surface area contributed by atoms with Crippen LogP contribution in [0.1, 0.15) is 17.5 Å². The Morgan fingerprint density at radius 2 is 2.31 bits per heavy atom. The lowest BCUT2D eigenvalue weighted by Crippen LogP contribution is -2.08. The van der Waals surface area contributed by atoms with Crippen LogP contribution in [0.4, 0.5) is 0 Å². The first-order valence-corrected chi connectivity index (χ1v) is 4.20. The Kier molecular flexibility index (Phi) is 1.82. The summed E-state index contributed by atoms with van der Waals surface area (Å²) >= 11 is 0. The average molecular weight is 175 g/mol. The molecule has 0 amide bonds. The highest BCUT2D eigenvalue weighted by Gasteiger charge is 2.13. The van der Waals surface area contributed by atoms with Crippen molar-refractivity contribution < 1.29 is 9.84 Å². The summed E-state index contributed by atoms with van der Waals surface area (Å²) in [6.07, 6.45) is 1.90. The quantitative estimate of drug-likeness (QED) is 0.651. The predicted molar refractivity (Wildman–Crippen MR) is 46.6 cm³/mol. The van der Waals surface area contributed by atoms with Crippen molar-refractivity contribution in [2.75, 3.05) is 6.61 Å². The van der Waals surface area contributed by atoms with Crippen LogP contribution in [0.5, 0.6) is 11.5 Å². The standard InChI is InChI=1S/C10H9NO2/c11-6-8-4-7-2-1-3-13-10(7)5-9(8)12/h4-5,12H,1-3H2. The van der Waals surface area contributed by atoms with Crippen LogP contribution in [-0.4, -0.2) is 11.7 Å². The number of nitrogens with zero attached hydrogens (tertiary/aromatic N) is 1. The number of rotatable bonds is 0. The third-order valence-corrected chi connectivity index (χ3v) is 2.15. The Labute approximate surface area is 76.2 Å². The monoisotopic (exact) mass is 175 g/mol. The van der Waals surface area contributed by atoms with E-state index in [1.165, 1.54) is 6.07 Å². The molecule has 3 heteroatoms. The van der Waals surface area contributed by atoms with Gasteiger partial charge in [-0.2, -0.15) is 5.26 Å². The molecular formula is C10H9NO2.